The van der Waals surface area contributed by atoms with E-state index in [1.54, 1.807) is 6.20 Å². The fraction of sp³-hybridized carbons (Fsp3) is 0.474. The molecule has 1 fully saturated rings. The van der Waals surface area contributed by atoms with Gasteiger partial charge in [0.25, 0.3) is 5.91 Å². The Bertz CT molecular complexity index is 669. The zero-order valence-corrected chi connectivity index (χ0v) is 14.5. The second kappa shape index (κ2) is 7.62. The zero-order valence-electron chi connectivity index (χ0n) is 14.5. The number of hydrogen-bond acceptors (Lipinski definition) is 3. The van der Waals surface area contributed by atoms with Gasteiger partial charge in [-0.2, -0.15) is 5.10 Å². The number of anilines is 1. The Labute approximate surface area is 143 Å². The molecule has 1 aliphatic heterocycles. The fourth-order valence-electron chi connectivity index (χ4n) is 3.15. The summed E-state index contributed by atoms with van der Waals surface area (Å²) in [6.07, 6.45) is 5.65. The molecule has 0 bridgehead atoms. The number of nitrogens with one attached hydrogen (secondary N) is 1. The summed E-state index contributed by atoms with van der Waals surface area (Å²) < 4.78 is 1.81. The van der Waals surface area contributed by atoms with E-state index in [1.807, 2.05) is 36.7 Å². The monoisotopic (exact) mass is 326 g/mol. The first-order chi connectivity index (χ1) is 11.6. The summed E-state index contributed by atoms with van der Waals surface area (Å²) in [6.45, 7) is 7.42. The number of carbonyl (C=O) groups is 1. The number of aromatic nitrogens is 2. The Kier molecular flexibility index (Phi) is 5.30. The molecule has 2 heterocycles. The molecule has 128 valence electrons. The largest absolute Gasteiger partial charge is 0.307 e. The Balaban J connectivity index is 1.62. The molecule has 5 heteroatoms. The van der Waals surface area contributed by atoms with Crippen LogP contribution in [0.2, 0.25) is 0 Å². The number of amides is 1. The number of likely N-dealkylation sites (tertiary alicyclic amines) is 1. The van der Waals surface area contributed by atoms with Crippen LogP contribution >= 0.6 is 0 Å². The molecular formula is C19H26N4O. The minimum Gasteiger partial charge on any atom is -0.307 e. The Morgan fingerprint density at radius 1 is 1.12 bits per heavy atom. The van der Waals surface area contributed by atoms with Crippen LogP contribution in [0.25, 0.3) is 0 Å². The van der Waals surface area contributed by atoms with Crippen molar-refractivity contribution >= 4 is 11.7 Å². The van der Waals surface area contributed by atoms with E-state index in [0.29, 0.717) is 5.56 Å². The van der Waals surface area contributed by atoms with Crippen LogP contribution in [-0.2, 0) is 6.54 Å². The normalized spacial score (nSPS) is 15.6. The minimum absolute atomic E-state index is 0.0954. The molecule has 1 aromatic carbocycles. The summed E-state index contributed by atoms with van der Waals surface area (Å²) in [7, 11) is 0. The van der Waals surface area contributed by atoms with Crippen molar-refractivity contribution in [3.63, 3.8) is 0 Å². The molecule has 1 aliphatic rings. The van der Waals surface area contributed by atoms with Gasteiger partial charge in [-0.15, -0.1) is 0 Å². The lowest BCUT2D eigenvalue weighted by Crippen LogP contribution is -2.29. The highest BCUT2D eigenvalue weighted by molar-refractivity contribution is 6.03. The molecule has 24 heavy (non-hydrogen) atoms. The van der Waals surface area contributed by atoms with Crippen molar-refractivity contribution in [2.24, 2.45) is 0 Å². The molecule has 0 spiro atoms. The van der Waals surface area contributed by atoms with Crippen LogP contribution in [0.15, 0.2) is 36.5 Å². The third kappa shape index (κ3) is 4.03. The van der Waals surface area contributed by atoms with Gasteiger partial charge in [-0.1, -0.05) is 18.6 Å². The van der Waals surface area contributed by atoms with E-state index in [9.17, 15) is 4.79 Å². The van der Waals surface area contributed by atoms with Gasteiger partial charge < -0.3 is 5.32 Å². The SMILES string of the molecule is CC(C)n1nccc1NC(=O)c1ccc(CN2CCCCC2)cc1. The Morgan fingerprint density at radius 3 is 2.50 bits per heavy atom. The molecule has 0 radical (unpaired) electrons. The van der Waals surface area contributed by atoms with E-state index in [2.05, 4.69) is 27.4 Å². The second-order valence-corrected chi connectivity index (χ2v) is 6.74. The van der Waals surface area contributed by atoms with Crippen molar-refractivity contribution in [1.82, 2.24) is 14.7 Å². The van der Waals surface area contributed by atoms with E-state index < -0.39 is 0 Å². The first kappa shape index (κ1) is 16.7. The van der Waals surface area contributed by atoms with E-state index >= 15 is 0 Å². The average molecular weight is 326 g/mol. The first-order valence-corrected chi connectivity index (χ1v) is 8.79. The number of nitrogens with zero attached hydrogens (tertiary/aromatic N) is 3. The predicted octanol–water partition coefficient (Wildman–Crippen LogP) is 3.70. The number of benzene rings is 1. The average Bonchev–Trinajstić information content (AvgIpc) is 3.05. The zero-order chi connectivity index (χ0) is 16.9. The Hall–Kier alpha value is -2.14. The van der Waals surface area contributed by atoms with E-state index in [-0.39, 0.29) is 11.9 Å². The molecule has 0 saturated carbocycles. The van der Waals surface area contributed by atoms with Crippen LogP contribution in [0.4, 0.5) is 5.82 Å². The molecule has 1 N–H and O–H groups in total. The maximum atomic E-state index is 12.4. The third-order valence-corrected chi connectivity index (χ3v) is 4.47. The Morgan fingerprint density at radius 2 is 1.83 bits per heavy atom. The maximum Gasteiger partial charge on any atom is 0.256 e. The van der Waals surface area contributed by atoms with Crippen LogP contribution in [0, 0.1) is 0 Å². The molecule has 2 aromatic rings. The topological polar surface area (TPSA) is 50.2 Å². The second-order valence-electron chi connectivity index (χ2n) is 6.74. The van der Waals surface area contributed by atoms with Crippen LogP contribution in [0.1, 0.15) is 55.1 Å². The van der Waals surface area contributed by atoms with Crippen LogP contribution in [0.5, 0.6) is 0 Å². The van der Waals surface area contributed by atoms with Crippen molar-refractivity contribution in [2.45, 2.75) is 45.7 Å². The predicted molar refractivity (Wildman–Crippen MR) is 96.1 cm³/mol. The minimum atomic E-state index is -0.0954. The van der Waals surface area contributed by atoms with Crippen LogP contribution < -0.4 is 5.32 Å². The molecular weight excluding hydrogens is 300 g/mol. The lowest BCUT2D eigenvalue weighted by Gasteiger charge is -2.26. The number of rotatable bonds is 5. The van der Waals surface area contributed by atoms with Gasteiger partial charge in [-0.25, -0.2) is 4.68 Å². The van der Waals surface area contributed by atoms with Gasteiger partial charge >= 0.3 is 0 Å². The van der Waals surface area contributed by atoms with E-state index in [0.717, 1.165) is 12.4 Å². The van der Waals surface area contributed by atoms with Crippen molar-refractivity contribution < 1.29 is 4.79 Å². The number of piperidine rings is 1. The van der Waals surface area contributed by atoms with E-state index in [1.165, 1.54) is 37.9 Å². The summed E-state index contributed by atoms with van der Waals surface area (Å²) in [5.74, 6) is 0.634. The molecule has 1 amide bonds. The molecule has 0 unspecified atom stereocenters. The molecule has 5 nitrogen and oxygen atoms in total. The first-order valence-electron chi connectivity index (χ1n) is 8.79. The van der Waals surface area contributed by atoms with Gasteiger partial charge in [0.15, 0.2) is 0 Å². The van der Waals surface area contributed by atoms with Gasteiger partial charge in [0, 0.05) is 24.2 Å². The highest BCUT2D eigenvalue weighted by atomic mass is 16.1. The van der Waals surface area contributed by atoms with Crippen LogP contribution in [0.3, 0.4) is 0 Å². The van der Waals surface area contributed by atoms with Crippen molar-refractivity contribution in [2.75, 3.05) is 18.4 Å². The highest BCUT2D eigenvalue weighted by Gasteiger charge is 2.13. The lowest BCUT2D eigenvalue weighted by atomic mass is 10.1. The summed E-state index contributed by atoms with van der Waals surface area (Å²) in [5, 5.41) is 7.18. The lowest BCUT2D eigenvalue weighted by molar-refractivity contribution is 0.102. The standard InChI is InChI=1S/C19H26N4O/c1-15(2)23-18(10-11-20-23)21-19(24)17-8-6-16(7-9-17)14-22-12-4-3-5-13-22/h6-11,15H,3-5,12-14H2,1-2H3,(H,21,24). The van der Waals surface area contributed by atoms with Gasteiger partial charge in [-0.3, -0.25) is 9.69 Å². The fourth-order valence-corrected chi connectivity index (χ4v) is 3.15. The van der Waals surface area contributed by atoms with Crippen LogP contribution in [-0.4, -0.2) is 33.7 Å². The van der Waals surface area contributed by atoms with Gasteiger partial charge in [0.05, 0.1) is 6.20 Å². The van der Waals surface area contributed by atoms with Gasteiger partial charge in [0.2, 0.25) is 0 Å². The number of carbonyl (C=O) groups excluding carboxylic acids is 1. The van der Waals surface area contributed by atoms with Crippen molar-refractivity contribution in [1.29, 1.82) is 0 Å². The highest BCUT2D eigenvalue weighted by Crippen LogP contribution is 2.16. The molecule has 1 aromatic heterocycles. The van der Waals surface area contributed by atoms with Gasteiger partial charge in [0.1, 0.15) is 5.82 Å². The molecule has 3 rings (SSSR count). The summed E-state index contributed by atoms with van der Waals surface area (Å²) in [5.41, 5.74) is 1.94. The summed E-state index contributed by atoms with van der Waals surface area (Å²) in [4.78, 5) is 14.9. The maximum absolute atomic E-state index is 12.4. The van der Waals surface area contributed by atoms with Crippen molar-refractivity contribution in [3.05, 3.63) is 47.7 Å². The third-order valence-electron chi connectivity index (χ3n) is 4.47. The summed E-state index contributed by atoms with van der Waals surface area (Å²) in [6, 6.07) is 9.96. The quantitative estimate of drug-likeness (QED) is 0.911. The number of hydrogen-bond donors (Lipinski definition) is 1. The van der Waals surface area contributed by atoms with E-state index in [4.69, 9.17) is 0 Å². The molecule has 1 saturated heterocycles. The smallest absolute Gasteiger partial charge is 0.256 e. The summed E-state index contributed by atoms with van der Waals surface area (Å²) >= 11 is 0. The van der Waals surface area contributed by atoms with Gasteiger partial charge in [-0.05, 0) is 57.5 Å². The van der Waals surface area contributed by atoms with Crippen molar-refractivity contribution in [3.8, 4) is 0 Å². The molecule has 0 atom stereocenters. The molecule has 0 aliphatic carbocycles.